The predicted molar refractivity (Wildman–Crippen MR) is 77.7 cm³/mol. The third kappa shape index (κ3) is 3.12. The number of benzene rings is 2. The van der Waals surface area contributed by atoms with Gasteiger partial charge in [0, 0.05) is 11.0 Å². The van der Waals surface area contributed by atoms with E-state index < -0.39 is 0 Å². The largest absolute Gasteiger partial charge is 0.484 e. The maximum Gasteiger partial charge on any atom is 0.136 e. The van der Waals surface area contributed by atoms with Gasteiger partial charge < -0.3 is 10.5 Å². The van der Waals surface area contributed by atoms with Gasteiger partial charge in [-0.3, -0.25) is 0 Å². The van der Waals surface area contributed by atoms with Crippen molar-refractivity contribution < 1.29 is 4.74 Å². The highest BCUT2D eigenvalue weighted by Gasteiger charge is 2.12. The molecule has 0 radical (unpaired) electrons. The molecule has 2 nitrogen and oxygen atoms in total. The van der Waals surface area contributed by atoms with Gasteiger partial charge in [-0.2, -0.15) is 0 Å². The van der Waals surface area contributed by atoms with Crippen LogP contribution in [0, 0.1) is 6.92 Å². The maximum atomic E-state index is 6.01. The Morgan fingerprint density at radius 3 is 2.56 bits per heavy atom. The molecular weight excluding hydrogens is 290 g/mol. The van der Waals surface area contributed by atoms with Gasteiger partial charge in [-0.15, -0.1) is 0 Å². The summed E-state index contributed by atoms with van der Waals surface area (Å²) in [5.74, 6) is 0.865. The lowest BCUT2D eigenvalue weighted by atomic mass is 10.1. The number of hydrogen-bond acceptors (Lipinski definition) is 2. The van der Waals surface area contributed by atoms with Crippen LogP contribution in [-0.2, 0) is 0 Å². The van der Waals surface area contributed by atoms with Gasteiger partial charge >= 0.3 is 0 Å². The summed E-state index contributed by atoms with van der Waals surface area (Å²) in [5.41, 5.74) is 8.00. The van der Waals surface area contributed by atoms with Crippen LogP contribution in [0.3, 0.4) is 0 Å². The zero-order valence-electron chi connectivity index (χ0n) is 10.3. The summed E-state index contributed by atoms with van der Waals surface area (Å²) < 4.78 is 7.01. The van der Waals surface area contributed by atoms with E-state index in [9.17, 15) is 0 Å². The zero-order chi connectivity index (χ0) is 13.0. The first-order chi connectivity index (χ1) is 8.70. The van der Waals surface area contributed by atoms with Gasteiger partial charge in [0.15, 0.2) is 0 Å². The molecule has 0 bridgehead atoms. The van der Waals surface area contributed by atoms with Crippen molar-refractivity contribution >= 4 is 15.9 Å². The summed E-state index contributed by atoms with van der Waals surface area (Å²) in [6, 6.07) is 16.0. The minimum absolute atomic E-state index is 0.112. The van der Waals surface area contributed by atoms with Crippen molar-refractivity contribution in [3.63, 3.8) is 0 Å². The van der Waals surface area contributed by atoms with Gasteiger partial charge in [-0.05, 0) is 30.2 Å². The van der Waals surface area contributed by atoms with Crippen LogP contribution in [0.5, 0.6) is 5.75 Å². The summed E-state index contributed by atoms with van der Waals surface area (Å²) in [6.45, 7) is 2.48. The van der Waals surface area contributed by atoms with Crippen LogP contribution in [-0.4, -0.2) is 6.54 Å². The van der Waals surface area contributed by atoms with Gasteiger partial charge in [0.25, 0.3) is 0 Å². The first-order valence-electron chi connectivity index (χ1n) is 5.88. The van der Waals surface area contributed by atoms with Crippen LogP contribution in [0.15, 0.2) is 53.0 Å². The Morgan fingerprint density at radius 1 is 1.17 bits per heavy atom. The van der Waals surface area contributed by atoms with Crippen LogP contribution >= 0.6 is 15.9 Å². The van der Waals surface area contributed by atoms with Gasteiger partial charge in [0.2, 0.25) is 0 Å². The standard InChI is InChI=1S/C15H16BrNO/c1-11-7-8-13(16)9-14(11)18-15(10-17)12-5-3-2-4-6-12/h2-9,15H,10,17H2,1H3. The number of ether oxygens (including phenoxy) is 1. The molecular formula is C15H16BrNO. The molecule has 0 aliphatic heterocycles. The average molecular weight is 306 g/mol. The van der Waals surface area contributed by atoms with Crippen molar-refractivity contribution in [1.82, 2.24) is 0 Å². The van der Waals surface area contributed by atoms with Crippen molar-refractivity contribution in [2.75, 3.05) is 6.54 Å². The predicted octanol–water partition coefficient (Wildman–Crippen LogP) is 3.84. The fourth-order valence-corrected chi connectivity index (χ4v) is 2.11. The molecule has 94 valence electrons. The highest BCUT2D eigenvalue weighted by molar-refractivity contribution is 9.10. The molecule has 0 aromatic heterocycles. The van der Waals surface area contributed by atoms with Crippen molar-refractivity contribution in [2.45, 2.75) is 13.0 Å². The molecule has 1 unspecified atom stereocenters. The lowest BCUT2D eigenvalue weighted by Crippen LogP contribution is -2.18. The molecule has 2 N–H and O–H groups in total. The highest BCUT2D eigenvalue weighted by atomic mass is 79.9. The molecule has 1 atom stereocenters. The van der Waals surface area contributed by atoms with E-state index in [0.717, 1.165) is 21.3 Å². The minimum atomic E-state index is -0.112. The number of aryl methyl sites for hydroxylation is 1. The highest BCUT2D eigenvalue weighted by Crippen LogP contribution is 2.27. The summed E-state index contributed by atoms with van der Waals surface area (Å²) in [7, 11) is 0. The molecule has 0 amide bonds. The number of rotatable bonds is 4. The molecule has 2 aromatic rings. The van der Waals surface area contributed by atoms with Crippen molar-refractivity contribution in [2.24, 2.45) is 5.73 Å². The van der Waals surface area contributed by atoms with Crippen molar-refractivity contribution in [1.29, 1.82) is 0 Å². The van der Waals surface area contributed by atoms with E-state index in [1.807, 2.05) is 55.5 Å². The third-order valence-corrected chi connectivity index (χ3v) is 3.30. The Balaban J connectivity index is 2.23. The van der Waals surface area contributed by atoms with Gasteiger partial charge in [-0.25, -0.2) is 0 Å². The molecule has 2 rings (SSSR count). The smallest absolute Gasteiger partial charge is 0.136 e. The van der Waals surface area contributed by atoms with E-state index in [4.69, 9.17) is 10.5 Å². The Kier molecular flexibility index (Phi) is 4.39. The van der Waals surface area contributed by atoms with Crippen LogP contribution in [0.1, 0.15) is 17.2 Å². The van der Waals surface area contributed by atoms with Crippen LogP contribution < -0.4 is 10.5 Å². The van der Waals surface area contributed by atoms with Gasteiger partial charge in [0.05, 0.1) is 0 Å². The van der Waals surface area contributed by atoms with Crippen LogP contribution in [0.2, 0.25) is 0 Å². The Hall–Kier alpha value is -1.32. The monoisotopic (exact) mass is 305 g/mol. The van der Waals surface area contributed by atoms with Crippen molar-refractivity contribution in [3.8, 4) is 5.75 Å². The molecule has 0 aliphatic rings. The Bertz CT molecular complexity index is 513. The molecule has 2 aromatic carbocycles. The van der Waals surface area contributed by atoms with Crippen molar-refractivity contribution in [3.05, 3.63) is 64.1 Å². The summed E-state index contributed by atoms with van der Waals surface area (Å²) in [4.78, 5) is 0. The molecule has 0 saturated heterocycles. The van der Waals surface area contributed by atoms with E-state index in [0.29, 0.717) is 6.54 Å². The van der Waals surface area contributed by atoms with E-state index in [2.05, 4.69) is 15.9 Å². The first kappa shape index (κ1) is 13.1. The van der Waals surface area contributed by atoms with Crippen LogP contribution in [0.25, 0.3) is 0 Å². The van der Waals surface area contributed by atoms with Gasteiger partial charge in [-0.1, -0.05) is 52.3 Å². The quantitative estimate of drug-likeness (QED) is 0.931. The summed E-state index contributed by atoms with van der Waals surface area (Å²) in [6.07, 6.45) is -0.112. The molecule has 0 aliphatic carbocycles. The molecule has 0 saturated carbocycles. The second kappa shape index (κ2) is 6.03. The molecule has 18 heavy (non-hydrogen) atoms. The number of hydrogen-bond donors (Lipinski definition) is 1. The summed E-state index contributed by atoms with van der Waals surface area (Å²) >= 11 is 3.45. The minimum Gasteiger partial charge on any atom is -0.484 e. The Morgan fingerprint density at radius 2 is 1.89 bits per heavy atom. The van der Waals surface area contributed by atoms with E-state index in [-0.39, 0.29) is 6.10 Å². The topological polar surface area (TPSA) is 35.2 Å². The number of nitrogens with two attached hydrogens (primary N) is 1. The first-order valence-corrected chi connectivity index (χ1v) is 6.68. The average Bonchev–Trinajstić information content (AvgIpc) is 2.41. The summed E-state index contributed by atoms with van der Waals surface area (Å²) in [5, 5.41) is 0. The van der Waals surface area contributed by atoms with E-state index in [1.165, 1.54) is 0 Å². The maximum absolute atomic E-state index is 6.01. The normalized spacial score (nSPS) is 12.2. The van der Waals surface area contributed by atoms with Gasteiger partial charge in [0.1, 0.15) is 11.9 Å². The lowest BCUT2D eigenvalue weighted by molar-refractivity contribution is 0.212. The van der Waals surface area contributed by atoms with Crippen LogP contribution in [0.4, 0.5) is 0 Å². The molecule has 0 spiro atoms. The molecule has 0 fully saturated rings. The number of halogens is 1. The second-order valence-electron chi connectivity index (χ2n) is 4.16. The SMILES string of the molecule is Cc1ccc(Br)cc1OC(CN)c1ccccc1. The lowest BCUT2D eigenvalue weighted by Gasteiger charge is -2.19. The molecule has 3 heteroatoms. The van der Waals surface area contributed by atoms with E-state index in [1.54, 1.807) is 0 Å². The second-order valence-corrected chi connectivity index (χ2v) is 5.08. The molecule has 0 heterocycles. The fraction of sp³-hybridized carbons (Fsp3) is 0.200. The Labute approximate surface area is 116 Å². The van der Waals surface area contributed by atoms with E-state index >= 15 is 0 Å². The zero-order valence-corrected chi connectivity index (χ0v) is 11.9. The third-order valence-electron chi connectivity index (χ3n) is 2.80. The fourth-order valence-electron chi connectivity index (χ4n) is 1.77.